The van der Waals surface area contributed by atoms with Gasteiger partial charge in [0.1, 0.15) is 6.61 Å². The van der Waals surface area contributed by atoms with E-state index < -0.39 is 0 Å². The van der Waals surface area contributed by atoms with Crippen molar-refractivity contribution in [2.45, 2.75) is 6.61 Å². The minimum Gasteiger partial charge on any atom is -0.493 e. The highest BCUT2D eigenvalue weighted by molar-refractivity contribution is 14.1. The van der Waals surface area contributed by atoms with E-state index in [4.69, 9.17) is 9.47 Å². The lowest BCUT2D eigenvalue weighted by Crippen LogP contribution is -2.25. The zero-order valence-corrected chi connectivity index (χ0v) is 20.5. The highest BCUT2D eigenvalue weighted by Crippen LogP contribution is 2.36. The number of rotatable bonds is 9. The van der Waals surface area contributed by atoms with Crippen LogP contribution >= 0.6 is 38.5 Å². The van der Waals surface area contributed by atoms with Crippen LogP contribution in [0.25, 0.3) is 0 Å². The second-order valence-electron chi connectivity index (χ2n) is 6.46. The van der Waals surface area contributed by atoms with Crippen molar-refractivity contribution in [1.82, 2.24) is 5.43 Å². The summed E-state index contributed by atoms with van der Waals surface area (Å²) < 4.78 is 13.3. The number of amides is 1. The van der Waals surface area contributed by atoms with Crippen molar-refractivity contribution in [2.75, 3.05) is 19.0 Å². The SMILES string of the molecule is COc1cc(/C=N\NC(=O)CNc2ccc(I)cc2)cc(Br)c1OCc1ccccc1. The van der Waals surface area contributed by atoms with E-state index in [9.17, 15) is 4.79 Å². The Kier molecular flexibility index (Phi) is 8.72. The average molecular weight is 594 g/mol. The maximum Gasteiger partial charge on any atom is 0.259 e. The maximum atomic E-state index is 12.0. The van der Waals surface area contributed by atoms with E-state index in [0.717, 1.165) is 24.9 Å². The van der Waals surface area contributed by atoms with Gasteiger partial charge >= 0.3 is 0 Å². The Labute approximate surface area is 203 Å². The smallest absolute Gasteiger partial charge is 0.259 e. The lowest BCUT2D eigenvalue weighted by Gasteiger charge is -2.13. The minimum absolute atomic E-state index is 0.122. The molecule has 0 heterocycles. The van der Waals surface area contributed by atoms with Crippen LogP contribution < -0.4 is 20.2 Å². The van der Waals surface area contributed by atoms with Crippen molar-refractivity contribution in [3.05, 3.63) is 85.9 Å². The Morgan fingerprint density at radius 2 is 1.87 bits per heavy atom. The normalized spacial score (nSPS) is 10.7. The summed E-state index contributed by atoms with van der Waals surface area (Å²) in [4.78, 5) is 12.0. The van der Waals surface area contributed by atoms with E-state index in [2.05, 4.69) is 54.4 Å². The molecule has 0 saturated heterocycles. The Hall–Kier alpha value is -2.59. The molecule has 0 bridgehead atoms. The molecule has 0 fully saturated rings. The van der Waals surface area contributed by atoms with Crippen molar-refractivity contribution in [1.29, 1.82) is 0 Å². The number of hydrogen-bond acceptors (Lipinski definition) is 5. The van der Waals surface area contributed by atoms with Crippen LogP contribution in [0.15, 0.2) is 76.3 Å². The number of hydrazone groups is 1. The summed E-state index contributed by atoms with van der Waals surface area (Å²) in [6.45, 7) is 0.546. The lowest BCUT2D eigenvalue weighted by molar-refractivity contribution is -0.119. The zero-order chi connectivity index (χ0) is 22.1. The van der Waals surface area contributed by atoms with Gasteiger partial charge in [0.2, 0.25) is 0 Å². The molecule has 2 N–H and O–H groups in total. The topological polar surface area (TPSA) is 72.0 Å². The monoisotopic (exact) mass is 593 g/mol. The molecule has 0 aliphatic heterocycles. The first-order valence-corrected chi connectivity index (χ1v) is 11.3. The predicted molar refractivity (Wildman–Crippen MR) is 135 cm³/mol. The number of nitrogens with zero attached hydrogens (tertiary/aromatic N) is 1. The van der Waals surface area contributed by atoms with E-state index in [1.54, 1.807) is 19.4 Å². The molecule has 31 heavy (non-hydrogen) atoms. The molecule has 0 aliphatic carbocycles. The molecule has 6 nitrogen and oxygen atoms in total. The van der Waals surface area contributed by atoms with E-state index in [-0.39, 0.29) is 12.5 Å². The molecular weight excluding hydrogens is 573 g/mol. The molecule has 160 valence electrons. The highest BCUT2D eigenvalue weighted by Gasteiger charge is 2.11. The Bertz CT molecular complexity index is 1040. The summed E-state index contributed by atoms with van der Waals surface area (Å²) in [5.74, 6) is 0.927. The Morgan fingerprint density at radius 1 is 1.13 bits per heavy atom. The number of nitrogens with one attached hydrogen (secondary N) is 2. The third-order valence-corrected chi connectivity index (χ3v) is 5.49. The summed E-state index contributed by atoms with van der Waals surface area (Å²) in [6, 6.07) is 21.3. The number of benzene rings is 3. The fraction of sp³-hybridized carbons (Fsp3) is 0.130. The van der Waals surface area contributed by atoms with Crippen LogP contribution in [0.2, 0.25) is 0 Å². The van der Waals surface area contributed by atoms with Crippen molar-refractivity contribution in [3.63, 3.8) is 0 Å². The van der Waals surface area contributed by atoms with E-state index in [1.807, 2.05) is 60.7 Å². The van der Waals surface area contributed by atoms with Gasteiger partial charge in [0, 0.05) is 9.26 Å². The number of methoxy groups -OCH3 is 1. The molecule has 0 aliphatic rings. The third-order valence-electron chi connectivity index (χ3n) is 4.18. The molecule has 0 spiro atoms. The molecule has 0 saturated carbocycles. The van der Waals surface area contributed by atoms with Gasteiger partial charge in [-0.2, -0.15) is 5.10 Å². The first-order chi connectivity index (χ1) is 15.0. The molecule has 3 aromatic rings. The number of ether oxygens (including phenoxy) is 2. The van der Waals surface area contributed by atoms with Crippen molar-refractivity contribution in [2.24, 2.45) is 5.10 Å². The molecular formula is C23H21BrIN3O3. The van der Waals surface area contributed by atoms with Crippen LogP contribution in [-0.4, -0.2) is 25.8 Å². The fourth-order valence-corrected chi connectivity index (χ4v) is 3.59. The first kappa shape index (κ1) is 23.1. The molecule has 3 rings (SSSR count). The number of halogens is 2. The van der Waals surface area contributed by atoms with Crippen LogP contribution in [0.3, 0.4) is 0 Å². The van der Waals surface area contributed by atoms with E-state index in [1.165, 1.54) is 0 Å². The van der Waals surface area contributed by atoms with Crippen molar-refractivity contribution < 1.29 is 14.3 Å². The van der Waals surface area contributed by atoms with E-state index >= 15 is 0 Å². The Morgan fingerprint density at radius 3 is 2.58 bits per heavy atom. The molecule has 0 unspecified atom stereocenters. The number of hydrogen-bond donors (Lipinski definition) is 2. The van der Waals surface area contributed by atoms with Gasteiger partial charge in [-0.05, 0) is 86.0 Å². The van der Waals surface area contributed by atoms with Crippen LogP contribution in [0, 0.1) is 3.57 Å². The predicted octanol–water partition coefficient (Wildman–Crippen LogP) is 5.20. The van der Waals surface area contributed by atoms with E-state index in [0.29, 0.717) is 18.1 Å². The molecule has 8 heteroatoms. The van der Waals surface area contributed by atoms with Gasteiger partial charge in [-0.1, -0.05) is 30.3 Å². The second-order valence-corrected chi connectivity index (χ2v) is 8.56. The Balaban J connectivity index is 1.56. The molecule has 0 atom stereocenters. The average Bonchev–Trinajstić information content (AvgIpc) is 2.78. The fourth-order valence-electron chi connectivity index (χ4n) is 2.65. The second kappa shape index (κ2) is 11.7. The van der Waals surface area contributed by atoms with Crippen LogP contribution in [0.5, 0.6) is 11.5 Å². The summed E-state index contributed by atoms with van der Waals surface area (Å²) in [7, 11) is 1.58. The maximum absolute atomic E-state index is 12.0. The third kappa shape index (κ3) is 7.25. The number of anilines is 1. The highest BCUT2D eigenvalue weighted by atomic mass is 127. The summed E-state index contributed by atoms with van der Waals surface area (Å²) in [5.41, 5.74) is 5.19. The van der Waals surface area contributed by atoms with Gasteiger partial charge in [0.15, 0.2) is 11.5 Å². The van der Waals surface area contributed by atoms with Crippen LogP contribution in [-0.2, 0) is 11.4 Å². The first-order valence-electron chi connectivity index (χ1n) is 9.41. The quantitative estimate of drug-likeness (QED) is 0.203. The van der Waals surface area contributed by atoms with Crippen molar-refractivity contribution in [3.8, 4) is 11.5 Å². The van der Waals surface area contributed by atoms with Gasteiger partial charge < -0.3 is 14.8 Å². The molecule has 1 amide bonds. The largest absolute Gasteiger partial charge is 0.493 e. The molecule has 0 radical (unpaired) electrons. The molecule has 0 aromatic heterocycles. The summed E-state index contributed by atoms with van der Waals surface area (Å²) >= 11 is 5.76. The summed E-state index contributed by atoms with van der Waals surface area (Å²) in [5, 5.41) is 7.07. The summed E-state index contributed by atoms with van der Waals surface area (Å²) in [6.07, 6.45) is 1.55. The standard InChI is InChI=1S/C23H21BrIN3O3/c1-30-21-12-17(11-20(24)23(21)31-15-16-5-3-2-4-6-16)13-27-28-22(29)14-26-19-9-7-18(25)8-10-19/h2-13,26H,14-15H2,1H3,(H,28,29)/b27-13-. The number of carbonyl (C=O) groups is 1. The van der Waals surface area contributed by atoms with Gasteiger partial charge in [0.25, 0.3) is 5.91 Å². The van der Waals surface area contributed by atoms with Crippen LogP contribution in [0.1, 0.15) is 11.1 Å². The van der Waals surface area contributed by atoms with Gasteiger partial charge in [-0.25, -0.2) is 5.43 Å². The zero-order valence-electron chi connectivity index (χ0n) is 16.8. The van der Waals surface area contributed by atoms with Gasteiger partial charge in [-0.15, -0.1) is 0 Å². The van der Waals surface area contributed by atoms with Gasteiger partial charge in [0.05, 0.1) is 24.3 Å². The molecule has 3 aromatic carbocycles. The van der Waals surface area contributed by atoms with Crippen molar-refractivity contribution >= 4 is 56.3 Å². The van der Waals surface area contributed by atoms with Gasteiger partial charge in [-0.3, -0.25) is 4.79 Å². The lowest BCUT2D eigenvalue weighted by atomic mass is 10.2. The minimum atomic E-state index is -0.247. The number of carbonyl (C=O) groups excluding carboxylic acids is 1. The van der Waals surface area contributed by atoms with Crippen LogP contribution in [0.4, 0.5) is 5.69 Å².